The van der Waals surface area contributed by atoms with E-state index < -0.39 is 12.1 Å². The molecule has 1 amide bonds. The molecular formula is C20H24N4O3S. The molecule has 0 saturated carbocycles. The van der Waals surface area contributed by atoms with Gasteiger partial charge in [-0.1, -0.05) is 24.3 Å². The highest BCUT2D eigenvalue weighted by Gasteiger charge is 2.28. The molecule has 8 heteroatoms. The zero-order chi connectivity index (χ0) is 19.9. The Bertz CT molecular complexity index is 816. The third kappa shape index (κ3) is 4.89. The number of nitrogens with one attached hydrogen (secondary N) is 1. The molecule has 0 radical (unpaired) electrons. The van der Waals surface area contributed by atoms with Gasteiger partial charge in [-0.25, -0.2) is 9.78 Å². The number of thiazole rings is 1. The number of piperazine rings is 1. The van der Waals surface area contributed by atoms with E-state index in [0.29, 0.717) is 24.8 Å². The summed E-state index contributed by atoms with van der Waals surface area (Å²) in [5, 5.41) is 5.25. The number of hydrogen-bond acceptors (Lipinski definition) is 7. The fourth-order valence-corrected chi connectivity index (χ4v) is 3.65. The van der Waals surface area contributed by atoms with Crippen LogP contribution in [0.15, 0.2) is 48.4 Å². The van der Waals surface area contributed by atoms with E-state index in [1.54, 1.807) is 23.3 Å². The first-order valence-electron chi connectivity index (χ1n) is 9.18. The quantitative estimate of drug-likeness (QED) is 0.569. The van der Waals surface area contributed by atoms with Gasteiger partial charge in [0.2, 0.25) is 0 Å². The summed E-state index contributed by atoms with van der Waals surface area (Å²) in [7, 11) is 0. The van der Waals surface area contributed by atoms with Crippen LogP contribution in [0.2, 0.25) is 0 Å². The zero-order valence-electron chi connectivity index (χ0n) is 15.8. The summed E-state index contributed by atoms with van der Waals surface area (Å²) in [6, 6.07) is 10.1. The number of para-hydroxylation sites is 1. The maximum atomic E-state index is 12.6. The Kier molecular flexibility index (Phi) is 6.65. The van der Waals surface area contributed by atoms with Gasteiger partial charge in [-0.05, 0) is 19.1 Å². The number of benzene rings is 1. The lowest BCUT2D eigenvalue weighted by atomic mass is 10.2. The molecule has 1 saturated heterocycles. The first kappa shape index (κ1) is 19.9. The number of amides is 1. The van der Waals surface area contributed by atoms with Crippen molar-refractivity contribution in [1.29, 1.82) is 0 Å². The van der Waals surface area contributed by atoms with Crippen LogP contribution in [0.5, 0.6) is 0 Å². The number of carbonyl (C=O) groups is 2. The van der Waals surface area contributed by atoms with Gasteiger partial charge in [0.25, 0.3) is 5.91 Å². The highest BCUT2D eigenvalue weighted by molar-refractivity contribution is 7.13. The van der Waals surface area contributed by atoms with Crippen molar-refractivity contribution in [3.05, 3.63) is 54.1 Å². The monoisotopic (exact) mass is 400 g/mol. The van der Waals surface area contributed by atoms with Crippen LogP contribution in [0.3, 0.4) is 0 Å². The molecule has 1 aromatic heterocycles. The second kappa shape index (κ2) is 9.36. The number of esters is 1. The number of aromatic nitrogens is 1. The summed E-state index contributed by atoms with van der Waals surface area (Å²) >= 11 is 1.31. The average molecular weight is 401 g/mol. The second-order valence-corrected chi connectivity index (χ2v) is 7.26. The van der Waals surface area contributed by atoms with Gasteiger partial charge in [0.15, 0.2) is 16.9 Å². The average Bonchev–Trinajstić information content (AvgIpc) is 3.21. The largest absolute Gasteiger partial charge is 0.448 e. The summed E-state index contributed by atoms with van der Waals surface area (Å²) in [5.74, 6) is -0.770. The van der Waals surface area contributed by atoms with Crippen LogP contribution < -0.4 is 10.2 Å². The normalized spacial score (nSPS) is 15.0. The summed E-state index contributed by atoms with van der Waals surface area (Å²) in [6.45, 7) is 8.49. The molecule has 0 aliphatic carbocycles. The van der Waals surface area contributed by atoms with E-state index in [1.807, 2.05) is 18.2 Å². The fourth-order valence-electron chi connectivity index (χ4n) is 2.96. The Morgan fingerprint density at radius 1 is 1.29 bits per heavy atom. The highest BCUT2D eigenvalue weighted by Crippen LogP contribution is 2.18. The van der Waals surface area contributed by atoms with Crippen molar-refractivity contribution < 1.29 is 14.3 Å². The minimum atomic E-state index is -0.845. The molecule has 1 unspecified atom stereocenters. The lowest BCUT2D eigenvalue weighted by Gasteiger charge is -2.37. The molecule has 148 valence electrons. The van der Waals surface area contributed by atoms with Gasteiger partial charge in [-0.3, -0.25) is 4.79 Å². The highest BCUT2D eigenvalue weighted by atomic mass is 32.1. The Hall–Kier alpha value is -2.87. The third-order valence-electron chi connectivity index (χ3n) is 4.46. The smallest absolute Gasteiger partial charge is 0.358 e. The summed E-state index contributed by atoms with van der Waals surface area (Å²) in [6.07, 6.45) is 0.861. The van der Waals surface area contributed by atoms with E-state index in [1.165, 1.54) is 11.3 Å². The van der Waals surface area contributed by atoms with Crippen molar-refractivity contribution >= 4 is 34.0 Å². The predicted molar refractivity (Wildman–Crippen MR) is 111 cm³/mol. The lowest BCUT2D eigenvalue weighted by molar-refractivity contribution is -0.140. The predicted octanol–water partition coefficient (Wildman–Crippen LogP) is 2.64. The molecule has 1 N–H and O–H groups in total. The van der Waals surface area contributed by atoms with E-state index in [0.717, 1.165) is 18.8 Å². The molecule has 7 nitrogen and oxygen atoms in total. The van der Waals surface area contributed by atoms with Crippen LogP contribution in [-0.2, 0) is 9.53 Å². The number of anilines is 2. The number of hydrogen-bond donors (Lipinski definition) is 1. The van der Waals surface area contributed by atoms with Crippen molar-refractivity contribution in [2.75, 3.05) is 42.9 Å². The second-order valence-electron chi connectivity index (χ2n) is 6.40. The summed E-state index contributed by atoms with van der Waals surface area (Å²) in [4.78, 5) is 33.1. The first-order chi connectivity index (χ1) is 13.6. The standard InChI is InChI=1S/C20H24N4O3S/c1-3-9-21-20-22-17(14-28-20)19(26)27-15(2)18(25)24-12-10-23(11-13-24)16-7-5-4-6-8-16/h3-8,14-15H,1,9-13H2,2H3,(H,21,22). The SMILES string of the molecule is C=CCNc1nc(C(=O)OC(C)C(=O)N2CCN(c3ccccc3)CC2)cs1. The Balaban J connectivity index is 1.50. The van der Waals surface area contributed by atoms with Crippen LogP contribution in [0, 0.1) is 0 Å². The molecule has 0 bridgehead atoms. The van der Waals surface area contributed by atoms with E-state index in [4.69, 9.17) is 4.74 Å². The molecule has 3 rings (SSSR count). The van der Waals surface area contributed by atoms with Crippen LogP contribution in [0.1, 0.15) is 17.4 Å². The molecule has 2 aromatic rings. The number of nitrogens with zero attached hydrogens (tertiary/aromatic N) is 3. The first-order valence-corrected chi connectivity index (χ1v) is 10.1. The molecule has 1 aliphatic rings. The van der Waals surface area contributed by atoms with Gasteiger partial charge >= 0.3 is 5.97 Å². The van der Waals surface area contributed by atoms with E-state index in [2.05, 4.69) is 33.9 Å². The number of ether oxygens (including phenoxy) is 1. The molecule has 2 heterocycles. The Labute approximate surface area is 168 Å². The minimum Gasteiger partial charge on any atom is -0.448 e. The van der Waals surface area contributed by atoms with Crippen molar-refractivity contribution in [3.63, 3.8) is 0 Å². The van der Waals surface area contributed by atoms with E-state index >= 15 is 0 Å². The van der Waals surface area contributed by atoms with Gasteiger partial charge in [-0.15, -0.1) is 17.9 Å². The minimum absolute atomic E-state index is 0.179. The third-order valence-corrected chi connectivity index (χ3v) is 5.26. The van der Waals surface area contributed by atoms with Gasteiger partial charge in [-0.2, -0.15) is 0 Å². The van der Waals surface area contributed by atoms with E-state index in [9.17, 15) is 9.59 Å². The van der Waals surface area contributed by atoms with Crippen LogP contribution in [0.4, 0.5) is 10.8 Å². The van der Waals surface area contributed by atoms with Crippen molar-refractivity contribution in [2.45, 2.75) is 13.0 Å². The summed E-state index contributed by atoms with van der Waals surface area (Å²) in [5.41, 5.74) is 1.35. The molecule has 28 heavy (non-hydrogen) atoms. The molecule has 1 aliphatic heterocycles. The topological polar surface area (TPSA) is 74.8 Å². The molecule has 0 spiro atoms. The molecule has 1 atom stereocenters. The lowest BCUT2D eigenvalue weighted by Crippen LogP contribution is -2.51. The maximum absolute atomic E-state index is 12.6. The number of carbonyl (C=O) groups excluding carboxylic acids is 2. The van der Waals surface area contributed by atoms with Crippen LogP contribution >= 0.6 is 11.3 Å². The van der Waals surface area contributed by atoms with Gasteiger partial charge < -0.3 is 19.9 Å². The van der Waals surface area contributed by atoms with Crippen LogP contribution in [0.25, 0.3) is 0 Å². The van der Waals surface area contributed by atoms with Crippen molar-refractivity contribution in [3.8, 4) is 0 Å². The molecule has 1 aromatic carbocycles. The van der Waals surface area contributed by atoms with Crippen molar-refractivity contribution in [2.24, 2.45) is 0 Å². The van der Waals surface area contributed by atoms with E-state index in [-0.39, 0.29) is 11.6 Å². The maximum Gasteiger partial charge on any atom is 0.358 e. The number of rotatable bonds is 7. The fraction of sp³-hybridized carbons (Fsp3) is 0.350. The van der Waals surface area contributed by atoms with Crippen LogP contribution in [-0.4, -0.2) is 60.6 Å². The summed E-state index contributed by atoms with van der Waals surface area (Å²) < 4.78 is 5.33. The Morgan fingerprint density at radius 3 is 2.68 bits per heavy atom. The molecule has 1 fully saturated rings. The van der Waals surface area contributed by atoms with Gasteiger partial charge in [0, 0.05) is 43.8 Å². The Morgan fingerprint density at radius 2 is 2.00 bits per heavy atom. The zero-order valence-corrected chi connectivity index (χ0v) is 16.7. The van der Waals surface area contributed by atoms with Gasteiger partial charge in [0.1, 0.15) is 0 Å². The van der Waals surface area contributed by atoms with Crippen molar-refractivity contribution in [1.82, 2.24) is 9.88 Å². The molecular weight excluding hydrogens is 376 g/mol. The van der Waals surface area contributed by atoms with Gasteiger partial charge in [0.05, 0.1) is 0 Å².